The average Bonchev–Trinajstić information content (AvgIpc) is 2.15. The van der Waals surface area contributed by atoms with Crippen LogP contribution in [0.5, 0.6) is 0 Å². The highest BCUT2D eigenvalue weighted by Crippen LogP contribution is 2.17. The molecule has 0 radical (unpaired) electrons. The Labute approximate surface area is 92.8 Å². The molecule has 0 aromatic heterocycles. The minimum absolute atomic E-state index is 0.0115. The average molecular weight is 242 g/mol. The summed E-state index contributed by atoms with van der Waals surface area (Å²) < 4.78 is 30.5. The van der Waals surface area contributed by atoms with Gasteiger partial charge >= 0.3 is 0 Å². The summed E-state index contributed by atoms with van der Waals surface area (Å²) in [5.41, 5.74) is 0.127. The van der Waals surface area contributed by atoms with Crippen LogP contribution < -0.4 is 0 Å². The van der Waals surface area contributed by atoms with E-state index in [4.69, 9.17) is 4.55 Å². The molecule has 6 heteroatoms. The Bertz CT molecular complexity index is 557. The van der Waals surface area contributed by atoms with Crippen molar-refractivity contribution in [1.82, 2.24) is 0 Å². The SMILES string of the molecule is CC(=O)c1ccc(S(=O)(=O)O)cc1C(C)=O. The van der Waals surface area contributed by atoms with Crippen molar-refractivity contribution in [2.75, 3.05) is 0 Å². The Hall–Kier alpha value is -1.53. The van der Waals surface area contributed by atoms with Gasteiger partial charge in [0.15, 0.2) is 11.6 Å². The molecule has 5 nitrogen and oxygen atoms in total. The van der Waals surface area contributed by atoms with E-state index >= 15 is 0 Å². The molecule has 1 N–H and O–H groups in total. The molecular formula is C10H10O5S. The minimum Gasteiger partial charge on any atom is -0.294 e. The fourth-order valence-corrected chi connectivity index (χ4v) is 1.79. The van der Waals surface area contributed by atoms with Crippen LogP contribution in [0.2, 0.25) is 0 Å². The van der Waals surface area contributed by atoms with Crippen molar-refractivity contribution < 1.29 is 22.6 Å². The van der Waals surface area contributed by atoms with Crippen molar-refractivity contribution in [1.29, 1.82) is 0 Å². The third-order valence-corrected chi connectivity index (χ3v) is 2.90. The summed E-state index contributed by atoms with van der Waals surface area (Å²) in [6.45, 7) is 2.49. The summed E-state index contributed by atoms with van der Waals surface area (Å²) in [7, 11) is -4.36. The first-order valence-corrected chi connectivity index (χ1v) is 5.81. The molecule has 0 atom stereocenters. The zero-order valence-electron chi connectivity index (χ0n) is 8.72. The predicted octanol–water partition coefficient (Wildman–Crippen LogP) is 1.34. The zero-order chi connectivity index (χ0) is 12.5. The van der Waals surface area contributed by atoms with Crippen LogP contribution >= 0.6 is 0 Å². The van der Waals surface area contributed by atoms with Gasteiger partial charge in [0.2, 0.25) is 0 Å². The van der Waals surface area contributed by atoms with E-state index < -0.39 is 20.8 Å². The summed E-state index contributed by atoms with van der Waals surface area (Å²) >= 11 is 0. The molecular weight excluding hydrogens is 232 g/mol. The second kappa shape index (κ2) is 4.15. The zero-order valence-corrected chi connectivity index (χ0v) is 9.54. The second-order valence-electron chi connectivity index (χ2n) is 3.29. The van der Waals surface area contributed by atoms with Gasteiger partial charge in [0, 0.05) is 11.1 Å². The third kappa shape index (κ3) is 2.53. The van der Waals surface area contributed by atoms with Gasteiger partial charge in [0.25, 0.3) is 10.1 Å². The maximum absolute atomic E-state index is 11.2. The molecule has 0 amide bonds. The lowest BCUT2D eigenvalue weighted by Gasteiger charge is -2.05. The second-order valence-corrected chi connectivity index (χ2v) is 4.72. The highest BCUT2D eigenvalue weighted by molar-refractivity contribution is 7.85. The summed E-state index contributed by atoms with van der Waals surface area (Å²) in [5, 5.41) is 0. The molecule has 0 fully saturated rings. The molecule has 1 rings (SSSR count). The minimum atomic E-state index is -4.36. The molecule has 1 aromatic carbocycles. The van der Waals surface area contributed by atoms with Gasteiger partial charge in [-0.2, -0.15) is 8.42 Å². The van der Waals surface area contributed by atoms with E-state index in [0.717, 1.165) is 12.1 Å². The molecule has 16 heavy (non-hydrogen) atoms. The lowest BCUT2D eigenvalue weighted by atomic mass is 10.0. The van der Waals surface area contributed by atoms with Gasteiger partial charge < -0.3 is 0 Å². The molecule has 86 valence electrons. The Morgan fingerprint density at radius 2 is 1.56 bits per heavy atom. The van der Waals surface area contributed by atoms with E-state index in [-0.39, 0.29) is 16.9 Å². The van der Waals surface area contributed by atoms with Crippen molar-refractivity contribution in [3.8, 4) is 0 Å². The lowest BCUT2D eigenvalue weighted by Crippen LogP contribution is -2.07. The van der Waals surface area contributed by atoms with Gasteiger partial charge in [0.05, 0.1) is 4.90 Å². The van der Waals surface area contributed by atoms with Crippen LogP contribution in [-0.2, 0) is 10.1 Å². The fraction of sp³-hybridized carbons (Fsp3) is 0.200. The monoisotopic (exact) mass is 242 g/mol. The highest BCUT2D eigenvalue weighted by atomic mass is 32.2. The first-order valence-electron chi connectivity index (χ1n) is 4.37. The maximum Gasteiger partial charge on any atom is 0.294 e. The molecule has 1 aromatic rings. The number of hydrogen-bond acceptors (Lipinski definition) is 4. The number of Topliss-reactive ketones (excluding diaryl/α,β-unsaturated/α-hetero) is 2. The first kappa shape index (κ1) is 12.5. The molecule has 0 bridgehead atoms. The van der Waals surface area contributed by atoms with Gasteiger partial charge in [-0.05, 0) is 32.0 Å². The maximum atomic E-state index is 11.2. The Balaban J connectivity index is 3.52. The molecule has 0 saturated carbocycles. The smallest absolute Gasteiger partial charge is 0.294 e. The fourth-order valence-electron chi connectivity index (χ4n) is 1.28. The number of hydrogen-bond donors (Lipinski definition) is 1. The normalized spacial score (nSPS) is 11.2. The van der Waals surface area contributed by atoms with E-state index in [1.165, 1.54) is 19.9 Å². The van der Waals surface area contributed by atoms with E-state index in [1.807, 2.05) is 0 Å². The number of carbonyl (C=O) groups is 2. The van der Waals surface area contributed by atoms with E-state index in [1.54, 1.807) is 0 Å². The molecule has 0 spiro atoms. The Morgan fingerprint density at radius 1 is 1.06 bits per heavy atom. The van der Waals surface area contributed by atoms with E-state index in [0.29, 0.717) is 0 Å². The Kier molecular flexibility index (Phi) is 3.25. The molecule has 0 aliphatic heterocycles. The highest BCUT2D eigenvalue weighted by Gasteiger charge is 2.16. The quantitative estimate of drug-likeness (QED) is 0.638. The Morgan fingerprint density at radius 3 is 1.94 bits per heavy atom. The van der Waals surface area contributed by atoms with Crippen molar-refractivity contribution in [3.05, 3.63) is 29.3 Å². The standard InChI is InChI=1S/C10H10O5S/c1-6(11)9-4-3-8(16(13,14)15)5-10(9)7(2)12/h3-5H,1-2H3,(H,13,14,15). The van der Waals surface area contributed by atoms with Crippen LogP contribution in [0.3, 0.4) is 0 Å². The van der Waals surface area contributed by atoms with Crippen LogP contribution in [0.1, 0.15) is 34.6 Å². The molecule has 0 saturated heterocycles. The van der Waals surface area contributed by atoms with Crippen LogP contribution in [-0.4, -0.2) is 24.5 Å². The number of benzene rings is 1. The van der Waals surface area contributed by atoms with Gasteiger partial charge in [-0.25, -0.2) is 0 Å². The van der Waals surface area contributed by atoms with Crippen LogP contribution in [0.25, 0.3) is 0 Å². The van der Waals surface area contributed by atoms with Gasteiger partial charge in [-0.15, -0.1) is 0 Å². The van der Waals surface area contributed by atoms with Crippen molar-refractivity contribution in [3.63, 3.8) is 0 Å². The van der Waals surface area contributed by atoms with Crippen molar-refractivity contribution in [2.24, 2.45) is 0 Å². The van der Waals surface area contributed by atoms with Crippen LogP contribution in [0.4, 0.5) is 0 Å². The van der Waals surface area contributed by atoms with Gasteiger partial charge in [0.1, 0.15) is 0 Å². The van der Waals surface area contributed by atoms with Crippen molar-refractivity contribution in [2.45, 2.75) is 18.7 Å². The predicted molar refractivity (Wildman–Crippen MR) is 56.3 cm³/mol. The summed E-state index contributed by atoms with van der Waals surface area (Å²) in [5.74, 6) is -0.775. The van der Waals surface area contributed by atoms with Crippen LogP contribution in [0, 0.1) is 0 Å². The van der Waals surface area contributed by atoms with E-state index in [9.17, 15) is 18.0 Å². The summed E-state index contributed by atoms with van der Waals surface area (Å²) in [6, 6.07) is 3.29. The summed E-state index contributed by atoms with van der Waals surface area (Å²) in [6.07, 6.45) is 0. The van der Waals surface area contributed by atoms with Crippen molar-refractivity contribution >= 4 is 21.7 Å². The number of ketones is 2. The molecule has 0 aliphatic carbocycles. The summed E-state index contributed by atoms with van der Waals surface area (Å²) in [4.78, 5) is 22.0. The largest absolute Gasteiger partial charge is 0.294 e. The van der Waals surface area contributed by atoms with E-state index in [2.05, 4.69) is 0 Å². The van der Waals surface area contributed by atoms with Gasteiger partial charge in [-0.3, -0.25) is 14.1 Å². The number of rotatable bonds is 3. The molecule has 0 heterocycles. The van der Waals surface area contributed by atoms with Crippen LogP contribution in [0.15, 0.2) is 23.1 Å². The topological polar surface area (TPSA) is 88.5 Å². The molecule has 0 aliphatic rings. The molecule has 0 unspecified atom stereocenters. The number of carbonyl (C=O) groups excluding carboxylic acids is 2. The lowest BCUT2D eigenvalue weighted by molar-refractivity contribution is 0.0980. The first-order chi connectivity index (χ1) is 7.23. The van der Waals surface area contributed by atoms with Gasteiger partial charge in [-0.1, -0.05) is 0 Å². The third-order valence-electron chi connectivity index (χ3n) is 2.05.